The number of fused-ring (bicyclic) bond motifs is 4. The predicted octanol–water partition coefficient (Wildman–Crippen LogP) is 0.433. The van der Waals surface area contributed by atoms with Gasteiger partial charge in [-0.05, 0) is 36.4 Å². The molecule has 3 aromatic rings. The van der Waals surface area contributed by atoms with Crippen LogP contribution in [0, 0.1) is 0 Å². The highest BCUT2D eigenvalue weighted by molar-refractivity contribution is 5.59. The molecule has 0 aliphatic carbocycles. The first-order valence-corrected chi connectivity index (χ1v) is 6.96. The summed E-state index contributed by atoms with van der Waals surface area (Å²) in [4.78, 5) is 57.4. The summed E-state index contributed by atoms with van der Waals surface area (Å²) in [7, 11) is 0. The van der Waals surface area contributed by atoms with Crippen LogP contribution in [0.4, 0.5) is 0 Å². The molecule has 1 heterocycles. The first-order chi connectivity index (χ1) is 11.5. The van der Waals surface area contributed by atoms with E-state index in [9.17, 15) is 19.2 Å². The molecule has 0 atom stereocenters. The van der Waals surface area contributed by atoms with Crippen molar-refractivity contribution in [3.05, 3.63) is 89.9 Å². The fraction of sp³-hybridized carbons (Fsp3) is 0. The van der Waals surface area contributed by atoms with Gasteiger partial charge in [0.15, 0.2) is 0 Å². The van der Waals surface area contributed by atoms with Gasteiger partial charge in [-0.15, -0.1) is 0 Å². The molecule has 3 rings (SSSR count). The monoisotopic (exact) mass is 324 g/mol. The van der Waals surface area contributed by atoms with Crippen LogP contribution in [0.5, 0.6) is 0 Å². The zero-order valence-electron chi connectivity index (χ0n) is 12.3. The van der Waals surface area contributed by atoms with Gasteiger partial charge in [0.1, 0.15) is 0 Å². The Balaban J connectivity index is 2.58. The maximum absolute atomic E-state index is 11.9. The lowest BCUT2D eigenvalue weighted by atomic mass is 10.3. The molecular formula is C16H12N4O4. The highest BCUT2D eigenvalue weighted by atomic mass is 16.2. The number of aromatic amines is 4. The summed E-state index contributed by atoms with van der Waals surface area (Å²) in [5, 5.41) is 0. The number of hydrogen-bond acceptors (Lipinski definition) is 4. The lowest BCUT2D eigenvalue weighted by Gasteiger charge is -1.91. The Morgan fingerprint density at radius 2 is 0.708 bits per heavy atom. The molecule has 0 aliphatic rings. The van der Waals surface area contributed by atoms with E-state index in [1.165, 1.54) is 12.1 Å². The van der Waals surface area contributed by atoms with Crippen LogP contribution in [-0.2, 0) is 0 Å². The van der Waals surface area contributed by atoms with Gasteiger partial charge in [-0.3, -0.25) is 19.2 Å². The third-order valence-corrected chi connectivity index (χ3v) is 3.17. The lowest BCUT2D eigenvalue weighted by Crippen LogP contribution is -2.27. The van der Waals surface area contributed by atoms with Gasteiger partial charge in [-0.25, -0.2) is 0 Å². The van der Waals surface area contributed by atoms with Gasteiger partial charge in [-0.1, -0.05) is 12.1 Å². The minimum absolute atomic E-state index is 0.305. The first kappa shape index (κ1) is 15.2. The van der Waals surface area contributed by atoms with E-state index in [1.807, 2.05) is 0 Å². The average Bonchev–Trinajstić information content (AvgIpc) is 2.54. The maximum Gasteiger partial charge on any atom is 0.314 e. The molecule has 0 saturated heterocycles. The fourth-order valence-corrected chi connectivity index (χ4v) is 2.10. The maximum atomic E-state index is 11.9. The van der Waals surface area contributed by atoms with Crippen LogP contribution in [0.2, 0.25) is 0 Å². The van der Waals surface area contributed by atoms with Gasteiger partial charge in [0, 0.05) is 22.1 Å². The molecule has 0 radical (unpaired) electrons. The number of aromatic nitrogens is 4. The quantitative estimate of drug-likeness (QED) is 0.447. The molecule has 0 saturated carbocycles. The van der Waals surface area contributed by atoms with E-state index in [1.54, 1.807) is 36.4 Å². The van der Waals surface area contributed by atoms with E-state index >= 15 is 0 Å². The Hall–Kier alpha value is -3.68. The van der Waals surface area contributed by atoms with Crippen molar-refractivity contribution in [3.63, 3.8) is 0 Å². The highest BCUT2D eigenvalue weighted by Crippen LogP contribution is 2.00. The molecule has 0 fully saturated rings. The predicted molar refractivity (Wildman–Crippen MR) is 90.4 cm³/mol. The fourth-order valence-electron chi connectivity index (χ4n) is 2.10. The van der Waals surface area contributed by atoms with Gasteiger partial charge < -0.3 is 19.9 Å². The van der Waals surface area contributed by atoms with Gasteiger partial charge in [0.05, 0.1) is 0 Å². The summed E-state index contributed by atoms with van der Waals surface area (Å²) < 4.78 is 0. The SMILES string of the molecule is O=c1[nH]c2cccc(c2)[nH]c(=O)c(=O)[nH]c2cccc(c2)[nH]c1=O. The topological polar surface area (TPSA) is 131 Å². The van der Waals surface area contributed by atoms with E-state index < -0.39 is 22.2 Å². The molecule has 2 aromatic carbocycles. The van der Waals surface area contributed by atoms with Crippen molar-refractivity contribution >= 4 is 22.1 Å². The van der Waals surface area contributed by atoms with E-state index in [2.05, 4.69) is 19.9 Å². The molecule has 0 unspecified atom stereocenters. The summed E-state index contributed by atoms with van der Waals surface area (Å²) in [6.45, 7) is 0. The van der Waals surface area contributed by atoms with E-state index in [0.29, 0.717) is 22.1 Å². The Morgan fingerprint density at radius 1 is 0.458 bits per heavy atom. The molecule has 8 nitrogen and oxygen atoms in total. The minimum Gasteiger partial charge on any atom is -0.318 e. The summed E-state index contributed by atoms with van der Waals surface area (Å²) in [6.07, 6.45) is 0. The van der Waals surface area contributed by atoms with Crippen molar-refractivity contribution in [1.82, 2.24) is 19.9 Å². The third kappa shape index (κ3) is 3.38. The number of H-pyrrole nitrogens is 4. The summed E-state index contributed by atoms with van der Waals surface area (Å²) in [5.41, 5.74) is -2.21. The second-order valence-electron chi connectivity index (χ2n) is 4.98. The van der Waals surface area contributed by atoms with Crippen LogP contribution >= 0.6 is 0 Å². The van der Waals surface area contributed by atoms with Crippen molar-refractivity contribution in [3.8, 4) is 0 Å². The van der Waals surface area contributed by atoms with Crippen molar-refractivity contribution in [2.75, 3.05) is 0 Å². The van der Waals surface area contributed by atoms with Gasteiger partial charge in [-0.2, -0.15) is 0 Å². The largest absolute Gasteiger partial charge is 0.318 e. The standard InChI is InChI=1S/C16H12N4O4/c21-13-15(23)19-11-5-2-6-12(8-11)20-16(24)14(22)18-10-4-1-3-9(7-10)17-13/h1-8H,(H,17,21)(H,18,22)(H,19,23)(H,20,24). The Bertz CT molecular complexity index is 1060. The molecule has 1 aromatic heterocycles. The van der Waals surface area contributed by atoms with Gasteiger partial charge in [0.2, 0.25) is 0 Å². The van der Waals surface area contributed by atoms with Gasteiger partial charge >= 0.3 is 22.2 Å². The zero-order chi connectivity index (χ0) is 17.1. The molecule has 4 N–H and O–H groups in total. The minimum atomic E-state index is -0.857. The van der Waals surface area contributed by atoms with E-state index in [4.69, 9.17) is 0 Å². The molecule has 0 spiro atoms. The van der Waals surface area contributed by atoms with E-state index in [-0.39, 0.29) is 0 Å². The Labute approximate surface area is 132 Å². The number of nitrogens with one attached hydrogen (secondary N) is 4. The zero-order valence-corrected chi connectivity index (χ0v) is 12.3. The van der Waals surface area contributed by atoms with Gasteiger partial charge in [0.25, 0.3) is 0 Å². The smallest absolute Gasteiger partial charge is 0.314 e. The van der Waals surface area contributed by atoms with Crippen LogP contribution in [0.25, 0.3) is 22.1 Å². The molecule has 4 bridgehead atoms. The number of hydrogen-bond donors (Lipinski definition) is 4. The highest BCUT2D eigenvalue weighted by Gasteiger charge is 1.93. The Kier molecular flexibility index (Phi) is 3.94. The van der Waals surface area contributed by atoms with Crippen LogP contribution in [0.3, 0.4) is 0 Å². The molecular weight excluding hydrogens is 312 g/mol. The summed E-state index contributed by atoms with van der Waals surface area (Å²) >= 11 is 0. The van der Waals surface area contributed by atoms with Crippen molar-refractivity contribution < 1.29 is 0 Å². The third-order valence-electron chi connectivity index (χ3n) is 3.17. The first-order valence-electron chi connectivity index (χ1n) is 6.96. The normalized spacial score (nSPS) is 10.3. The van der Waals surface area contributed by atoms with Crippen LogP contribution in [0.15, 0.2) is 67.7 Å². The number of benzene rings is 2. The molecule has 0 amide bonds. The molecule has 8 heteroatoms. The average molecular weight is 324 g/mol. The lowest BCUT2D eigenvalue weighted by molar-refractivity contribution is 1.16. The van der Waals surface area contributed by atoms with Crippen molar-refractivity contribution in [2.45, 2.75) is 0 Å². The van der Waals surface area contributed by atoms with Crippen LogP contribution < -0.4 is 22.2 Å². The number of rotatable bonds is 0. The summed E-state index contributed by atoms with van der Waals surface area (Å²) in [6, 6.07) is 12.2. The second-order valence-corrected chi connectivity index (χ2v) is 4.98. The summed E-state index contributed by atoms with van der Waals surface area (Å²) in [5.74, 6) is 0. The van der Waals surface area contributed by atoms with Crippen LogP contribution in [0.1, 0.15) is 0 Å². The van der Waals surface area contributed by atoms with Crippen LogP contribution in [-0.4, -0.2) is 19.9 Å². The van der Waals surface area contributed by atoms with Crippen molar-refractivity contribution in [1.29, 1.82) is 0 Å². The molecule has 24 heavy (non-hydrogen) atoms. The van der Waals surface area contributed by atoms with Crippen molar-refractivity contribution in [2.24, 2.45) is 0 Å². The molecule has 120 valence electrons. The molecule has 0 aliphatic heterocycles. The van der Waals surface area contributed by atoms with E-state index in [0.717, 1.165) is 0 Å². The Morgan fingerprint density at radius 3 is 0.958 bits per heavy atom. The second kappa shape index (κ2) is 6.21.